The molecule has 3 heterocycles. The van der Waals surface area contributed by atoms with Crippen LogP contribution in [0.25, 0.3) is 0 Å². The molecule has 0 fully saturated rings. The predicted octanol–water partition coefficient (Wildman–Crippen LogP) is 5.62. The van der Waals surface area contributed by atoms with Crippen LogP contribution in [0, 0.1) is 0 Å². The van der Waals surface area contributed by atoms with E-state index in [0.717, 1.165) is 14.8 Å². The molecule has 2 amide bonds. The number of anilines is 1. The molecule has 7 nitrogen and oxygen atoms in total. The van der Waals surface area contributed by atoms with Gasteiger partial charge in [-0.2, -0.15) is 0 Å². The minimum Gasteiger partial charge on any atom is -0.507 e. The highest BCUT2D eigenvalue weighted by Gasteiger charge is 2.21. The van der Waals surface area contributed by atoms with Crippen LogP contribution in [0.5, 0.6) is 5.75 Å². The standard InChI is InChI=1S/C25H26N4O3S3/c1-15(2)21-13-27-25(35-21)29-22(31)12-16-14-34-24(28-16)18(20-8-5-11-33-20)9-10-26-23(32)17-6-3-4-7-19(17)30/h3-8,11,13-15,18,30H,9-10,12H2,1-2H3,(H,26,32)(H,27,29,31). The fourth-order valence-corrected chi connectivity index (χ4v) is 6.22. The van der Waals surface area contributed by atoms with E-state index in [4.69, 9.17) is 4.98 Å². The Bertz CT molecular complexity index is 1280. The highest BCUT2D eigenvalue weighted by Crippen LogP contribution is 2.33. The van der Waals surface area contributed by atoms with Crippen LogP contribution in [0.2, 0.25) is 0 Å². The molecule has 4 aromatic rings. The van der Waals surface area contributed by atoms with Crippen LogP contribution in [0.3, 0.4) is 0 Å². The van der Waals surface area contributed by atoms with E-state index >= 15 is 0 Å². The quantitative estimate of drug-likeness (QED) is 0.249. The molecule has 3 N–H and O–H groups in total. The number of hydrogen-bond donors (Lipinski definition) is 3. The number of thiophene rings is 1. The molecule has 0 radical (unpaired) electrons. The Morgan fingerprint density at radius 1 is 1.09 bits per heavy atom. The molecule has 0 aliphatic rings. The second-order valence-corrected chi connectivity index (χ2v) is 11.2. The molecular weight excluding hydrogens is 501 g/mol. The van der Waals surface area contributed by atoms with Crippen LogP contribution in [0.1, 0.15) is 62.9 Å². The van der Waals surface area contributed by atoms with E-state index in [1.807, 2.05) is 16.8 Å². The van der Waals surface area contributed by atoms with Crippen molar-refractivity contribution in [2.24, 2.45) is 0 Å². The molecule has 1 atom stereocenters. The van der Waals surface area contributed by atoms with Crippen molar-refractivity contribution in [3.63, 3.8) is 0 Å². The van der Waals surface area contributed by atoms with Crippen molar-refractivity contribution in [1.29, 1.82) is 0 Å². The third-order valence-corrected chi connectivity index (χ3v) is 8.51. The van der Waals surface area contributed by atoms with E-state index in [9.17, 15) is 14.7 Å². The number of carbonyl (C=O) groups is 2. The smallest absolute Gasteiger partial charge is 0.255 e. The first-order valence-corrected chi connectivity index (χ1v) is 13.8. The molecule has 35 heavy (non-hydrogen) atoms. The maximum atomic E-state index is 12.5. The number of hydrogen-bond acceptors (Lipinski definition) is 8. The first kappa shape index (κ1) is 25.0. The third-order valence-electron chi connectivity index (χ3n) is 5.30. The van der Waals surface area contributed by atoms with Crippen LogP contribution in [-0.4, -0.2) is 33.4 Å². The van der Waals surface area contributed by atoms with Gasteiger partial charge in [0.05, 0.1) is 17.7 Å². The van der Waals surface area contributed by atoms with E-state index in [-0.39, 0.29) is 35.5 Å². The predicted molar refractivity (Wildman–Crippen MR) is 142 cm³/mol. The number of aromatic nitrogens is 2. The van der Waals surface area contributed by atoms with E-state index < -0.39 is 0 Å². The van der Waals surface area contributed by atoms with Gasteiger partial charge in [0.2, 0.25) is 5.91 Å². The van der Waals surface area contributed by atoms with E-state index in [0.29, 0.717) is 29.7 Å². The Kier molecular flexibility index (Phi) is 8.27. The van der Waals surface area contributed by atoms with Crippen molar-refractivity contribution >= 4 is 51.0 Å². The van der Waals surface area contributed by atoms with Gasteiger partial charge >= 0.3 is 0 Å². The van der Waals surface area contributed by atoms with Gasteiger partial charge in [-0.25, -0.2) is 9.97 Å². The molecule has 0 spiro atoms. The first-order valence-electron chi connectivity index (χ1n) is 11.2. The molecule has 10 heteroatoms. The monoisotopic (exact) mass is 526 g/mol. The summed E-state index contributed by atoms with van der Waals surface area (Å²) in [5.41, 5.74) is 0.964. The average Bonchev–Trinajstić information content (AvgIpc) is 3.59. The summed E-state index contributed by atoms with van der Waals surface area (Å²) in [4.78, 5) is 36.3. The zero-order valence-corrected chi connectivity index (χ0v) is 21.8. The summed E-state index contributed by atoms with van der Waals surface area (Å²) in [6.45, 7) is 4.61. The van der Waals surface area contributed by atoms with Crippen molar-refractivity contribution in [3.8, 4) is 5.75 Å². The van der Waals surface area contributed by atoms with Gasteiger partial charge in [-0.05, 0) is 35.9 Å². The highest BCUT2D eigenvalue weighted by atomic mass is 32.1. The number of nitrogens with one attached hydrogen (secondary N) is 2. The zero-order chi connectivity index (χ0) is 24.8. The Labute approximate surface area is 215 Å². The van der Waals surface area contributed by atoms with Gasteiger partial charge in [0, 0.05) is 33.8 Å². The number of thiazole rings is 2. The van der Waals surface area contributed by atoms with Crippen molar-refractivity contribution in [2.45, 2.75) is 38.5 Å². The molecule has 3 aromatic heterocycles. The largest absolute Gasteiger partial charge is 0.507 e. The van der Waals surface area contributed by atoms with Gasteiger partial charge < -0.3 is 15.7 Å². The Balaban J connectivity index is 1.38. The van der Waals surface area contributed by atoms with Crippen LogP contribution in [0.15, 0.2) is 53.4 Å². The van der Waals surface area contributed by atoms with Crippen LogP contribution >= 0.6 is 34.0 Å². The fourth-order valence-electron chi connectivity index (χ4n) is 3.47. The lowest BCUT2D eigenvalue weighted by Crippen LogP contribution is -2.25. The molecule has 1 aromatic carbocycles. The molecule has 0 aliphatic heterocycles. The van der Waals surface area contributed by atoms with Crippen LogP contribution < -0.4 is 10.6 Å². The van der Waals surface area contributed by atoms with Crippen molar-refractivity contribution in [1.82, 2.24) is 15.3 Å². The average molecular weight is 527 g/mol. The Hall–Kier alpha value is -3.08. The van der Waals surface area contributed by atoms with Crippen LogP contribution in [-0.2, 0) is 11.2 Å². The van der Waals surface area contributed by atoms with Crippen molar-refractivity contribution < 1.29 is 14.7 Å². The summed E-state index contributed by atoms with van der Waals surface area (Å²) in [7, 11) is 0. The van der Waals surface area contributed by atoms with E-state index in [1.54, 1.807) is 35.7 Å². The van der Waals surface area contributed by atoms with Crippen molar-refractivity contribution in [3.05, 3.63) is 79.4 Å². The lowest BCUT2D eigenvalue weighted by molar-refractivity contribution is -0.115. The number of amides is 2. The summed E-state index contributed by atoms with van der Waals surface area (Å²) in [6, 6.07) is 10.5. The number of phenols is 1. The molecule has 4 rings (SSSR count). The number of rotatable bonds is 10. The van der Waals surface area contributed by atoms with E-state index in [2.05, 4.69) is 35.5 Å². The minimum absolute atomic E-state index is 0.00837. The zero-order valence-electron chi connectivity index (χ0n) is 19.4. The van der Waals surface area contributed by atoms with Gasteiger partial charge in [-0.15, -0.1) is 34.0 Å². The third kappa shape index (κ3) is 6.53. The SMILES string of the molecule is CC(C)c1cnc(NC(=O)Cc2csc(C(CCNC(=O)c3ccccc3O)c3cccs3)n2)s1. The molecular formula is C25H26N4O3S3. The first-order chi connectivity index (χ1) is 16.9. The lowest BCUT2D eigenvalue weighted by atomic mass is 10.0. The van der Waals surface area contributed by atoms with E-state index in [1.165, 1.54) is 28.7 Å². The van der Waals surface area contributed by atoms with Gasteiger partial charge in [-0.3, -0.25) is 9.59 Å². The topological polar surface area (TPSA) is 104 Å². The lowest BCUT2D eigenvalue weighted by Gasteiger charge is -2.14. The summed E-state index contributed by atoms with van der Waals surface area (Å²) >= 11 is 4.65. The molecule has 0 saturated heterocycles. The normalized spacial score (nSPS) is 12.0. The van der Waals surface area contributed by atoms with Gasteiger partial charge in [0.15, 0.2) is 5.13 Å². The second-order valence-electron chi connectivity index (χ2n) is 8.25. The maximum absolute atomic E-state index is 12.5. The molecule has 0 saturated carbocycles. The summed E-state index contributed by atoms with van der Waals surface area (Å²) in [6.07, 6.45) is 2.62. The highest BCUT2D eigenvalue weighted by molar-refractivity contribution is 7.15. The maximum Gasteiger partial charge on any atom is 0.255 e. The Morgan fingerprint density at radius 2 is 1.91 bits per heavy atom. The number of nitrogens with zero attached hydrogens (tertiary/aromatic N) is 2. The van der Waals surface area contributed by atoms with Gasteiger partial charge in [-0.1, -0.05) is 32.0 Å². The summed E-state index contributed by atoms with van der Waals surface area (Å²) < 4.78 is 0. The van der Waals surface area contributed by atoms with Gasteiger partial charge in [0.1, 0.15) is 10.8 Å². The number of phenolic OH excluding ortho intramolecular Hbond substituents is 1. The molecule has 0 aliphatic carbocycles. The van der Waals surface area contributed by atoms with Crippen LogP contribution in [0.4, 0.5) is 5.13 Å². The number of benzene rings is 1. The number of para-hydroxylation sites is 1. The van der Waals surface area contributed by atoms with Crippen molar-refractivity contribution in [2.75, 3.05) is 11.9 Å². The summed E-state index contributed by atoms with van der Waals surface area (Å²) in [5.74, 6) is -0.118. The molecule has 0 bridgehead atoms. The second kappa shape index (κ2) is 11.6. The summed E-state index contributed by atoms with van der Waals surface area (Å²) in [5, 5.41) is 21.1. The fraction of sp³-hybridized carbons (Fsp3) is 0.280. The number of carbonyl (C=O) groups excluding carboxylic acids is 2. The van der Waals surface area contributed by atoms with Gasteiger partial charge in [0.25, 0.3) is 5.91 Å². The molecule has 182 valence electrons. The Morgan fingerprint density at radius 3 is 2.63 bits per heavy atom. The number of aromatic hydroxyl groups is 1. The molecule has 1 unspecified atom stereocenters. The minimum atomic E-state index is -0.313.